The van der Waals surface area contributed by atoms with E-state index in [0.29, 0.717) is 40.7 Å². The van der Waals surface area contributed by atoms with E-state index in [1.807, 2.05) is 32.1 Å². The van der Waals surface area contributed by atoms with Gasteiger partial charge in [-0.05, 0) is 57.1 Å². The van der Waals surface area contributed by atoms with Gasteiger partial charge in [-0.15, -0.1) is 13.2 Å². The molecule has 8 heteroatoms. The number of hydrogen-bond acceptors (Lipinski definition) is 7. The van der Waals surface area contributed by atoms with Crippen molar-refractivity contribution in [2.45, 2.75) is 51.1 Å². The summed E-state index contributed by atoms with van der Waals surface area (Å²) in [4.78, 5) is 6.44. The molecule has 0 bridgehead atoms. The standard InChI is InChI=1S/C17H21FN4.C7H13N.C5H10N2/c1-10(2)13-6-7-15(22-17(13)18)16(21-3)11-4-5-12(9-19)14(20)8-11;1-3-7-5-4-6-8(7)2;1-2-3-5(7)4-6/h4-10,16,19,21H,20H2,1-3H3;3,7H,1,4-6H2,2H3;2,4H,1,3,6-7H2/b;;5-4-. The Hall–Kier alpha value is -3.49. The van der Waals surface area contributed by atoms with Crippen molar-refractivity contribution in [2.75, 3.05) is 26.4 Å². The third-order valence-corrected chi connectivity index (χ3v) is 6.15. The number of benzene rings is 1. The molecule has 2 atom stereocenters. The zero-order valence-corrected chi connectivity index (χ0v) is 22.7. The topological polar surface area (TPSA) is 130 Å². The number of pyridine rings is 1. The summed E-state index contributed by atoms with van der Waals surface area (Å²) in [6.07, 6.45) is 9.65. The highest BCUT2D eigenvalue weighted by molar-refractivity contribution is 5.85. The van der Waals surface area contributed by atoms with Crippen LogP contribution in [0.4, 0.5) is 10.1 Å². The van der Waals surface area contributed by atoms with Gasteiger partial charge in [-0.1, -0.05) is 44.2 Å². The lowest BCUT2D eigenvalue weighted by Crippen LogP contribution is -2.21. The number of rotatable bonds is 8. The fourth-order valence-corrected chi connectivity index (χ4v) is 3.91. The van der Waals surface area contributed by atoms with Crippen LogP contribution in [-0.4, -0.2) is 42.8 Å². The van der Waals surface area contributed by atoms with Gasteiger partial charge in [0.05, 0.1) is 11.7 Å². The first-order valence-electron chi connectivity index (χ1n) is 12.5. The van der Waals surface area contributed by atoms with Gasteiger partial charge in [0.15, 0.2) is 0 Å². The summed E-state index contributed by atoms with van der Waals surface area (Å²) in [5.41, 5.74) is 20.1. The third-order valence-electron chi connectivity index (χ3n) is 6.15. The molecule has 202 valence electrons. The smallest absolute Gasteiger partial charge is 0.216 e. The number of likely N-dealkylation sites (N-methyl/N-ethyl adjacent to an activating group) is 1. The molecular weight excluding hydrogens is 465 g/mol. The van der Waals surface area contributed by atoms with E-state index in [9.17, 15) is 4.39 Å². The molecule has 8 N–H and O–H groups in total. The van der Waals surface area contributed by atoms with Gasteiger partial charge in [-0.2, -0.15) is 4.39 Å². The maximum atomic E-state index is 14.1. The van der Waals surface area contributed by atoms with Crippen molar-refractivity contribution in [3.63, 3.8) is 0 Å². The van der Waals surface area contributed by atoms with Gasteiger partial charge >= 0.3 is 0 Å². The second kappa shape index (κ2) is 16.3. The molecule has 37 heavy (non-hydrogen) atoms. The number of nitrogens with zero attached hydrogens (tertiary/aromatic N) is 2. The molecule has 3 rings (SSSR count). The van der Waals surface area contributed by atoms with Crippen LogP contribution in [0.25, 0.3) is 0 Å². The number of hydrogen-bond donors (Lipinski definition) is 5. The van der Waals surface area contributed by atoms with Gasteiger partial charge < -0.3 is 27.9 Å². The molecule has 1 aliphatic rings. The maximum Gasteiger partial charge on any atom is 0.216 e. The minimum absolute atomic E-state index is 0.0945. The highest BCUT2D eigenvalue weighted by Gasteiger charge is 2.18. The van der Waals surface area contributed by atoms with E-state index in [-0.39, 0.29) is 12.0 Å². The molecule has 2 unspecified atom stereocenters. The van der Waals surface area contributed by atoms with Crippen LogP contribution in [0.15, 0.2) is 67.5 Å². The van der Waals surface area contributed by atoms with Crippen LogP contribution in [0.3, 0.4) is 0 Å². The zero-order chi connectivity index (χ0) is 28.0. The van der Waals surface area contributed by atoms with Gasteiger partial charge in [0, 0.05) is 47.4 Å². The highest BCUT2D eigenvalue weighted by atomic mass is 19.1. The molecule has 2 aromatic rings. The maximum absolute atomic E-state index is 14.1. The molecule has 0 amide bonds. The Bertz CT molecular complexity index is 1050. The van der Waals surface area contributed by atoms with Crippen LogP contribution >= 0.6 is 0 Å². The van der Waals surface area contributed by atoms with E-state index in [1.165, 1.54) is 31.8 Å². The van der Waals surface area contributed by atoms with E-state index in [1.54, 1.807) is 31.3 Å². The first kappa shape index (κ1) is 31.5. The van der Waals surface area contributed by atoms with Gasteiger partial charge in [0.25, 0.3) is 0 Å². The molecule has 2 heterocycles. The Kier molecular flexibility index (Phi) is 13.9. The second-order valence-electron chi connectivity index (χ2n) is 9.19. The van der Waals surface area contributed by atoms with Crippen LogP contribution in [0.5, 0.6) is 0 Å². The Morgan fingerprint density at radius 2 is 2.00 bits per heavy atom. The van der Waals surface area contributed by atoms with Gasteiger partial charge in [0.2, 0.25) is 5.95 Å². The van der Waals surface area contributed by atoms with E-state index >= 15 is 0 Å². The molecule has 1 saturated heterocycles. The Balaban J connectivity index is 0.000000372. The van der Waals surface area contributed by atoms with Crippen LogP contribution in [0.2, 0.25) is 0 Å². The Labute approximate surface area is 221 Å². The lowest BCUT2D eigenvalue weighted by atomic mass is 9.99. The molecule has 0 spiro atoms. The molecule has 0 aliphatic carbocycles. The van der Waals surface area contributed by atoms with E-state index in [4.69, 9.17) is 22.6 Å². The second-order valence-corrected chi connectivity index (χ2v) is 9.19. The fraction of sp³-hybridized carbons (Fsp3) is 0.379. The number of halogens is 1. The molecule has 1 aromatic heterocycles. The number of nitrogens with two attached hydrogens (primary N) is 3. The van der Waals surface area contributed by atoms with E-state index in [2.05, 4.69) is 35.4 Å². The molecule has 1 fully saturated rings. The molecule has 7 nitrogen and oxygen atoms in total. The molecule has 0 saturated carbocycles. The number of allylic oxidation sites excluding steroid dienone is 1. The fourth-order valence-electron chi connectivity index (χ4n) is 3.91. The van der Waals surface area contributed by atoms with Crippen molar-refractivity contribution < 1.29 is 4.39 Å². The minimum Gasteiger partial charge on any atom is -0.403 e. The summed E-state index contributed by atoms with van der Waals surface area (Å²) >= 11 is 0. The summed E-state index contributed by atoms with van der Waals surface area (Å²) in [7, 11) is 3.95. The van der Waals surface area contributed by atoms with Gasteiger partial charge in [-0.25, -0.2) is 4.98 Å². The average Bonchev–Trinajstić information content (AvgIpc) is 3.30. The molecular formula is C29H44FN7. The predicted molar refractivity (Wildman–Crippen MR) is 155 cm³/mol. The number of aromatic nitrogens is 1. The highest BCUT2D eigenvalue weighted by Crippen LogP contribution is 2.26. The minimum atomic E-state index is -0.433. The third kappa shape index (κ3) is 9.82. The largest absolute Gasteiger partial charge is 0.403 e. The van der Waals surface area contributed by atoms with Crippen molar-refractivity contribution in [1.29, 1.82) is 5.41 Å². The number of nitrogens with one attached hydrogen (secondary N) is 2. The lowest BCUT2D eigenvalue weighted by Gasteiger charge is -2.18. The summed E-state index contributed by atoms with van der Waals surface area (Å²) in [5.74, 6) is -0.339. The van der Waals surface area contributed by atoms with E-state index < -0.39 is 5.95 Å². The molecule has 0 radical (unpaired) electrons. The predicted octanol–water partition coefficient (Wildman–Crippen LogP) is 4.82. The zero-order valence-electron chi connectivity index (χ0n) is 22.7. The normalized spacial score (nSPS) is 16.2. The van der Waals surface area contributed by atoms with Crippen molar-refractivity contribution in [3.8, 4) is 0 Å². The lowest BCUT2D eigenvalue weighted by molar-refractivity contribution is 0.357. The monoisotopic (exact) mass is 509 g/mol. The first-order valence-corrected chi connectivity index (χ1v) is 12.5. The first-order chi connectivity index (χ1) is 17.6. The summed E-state index contributed by atoms with van der Waals surface area (Å²) < 4.78 is 14.1. The van der Waals surface area contributed by atoms with Crippen LogP contribution in [-0.2, 0) is 0 Å². The summed E-state index contributed by atoms with van der Waals surface area (Å²) in [5, 5.41) is 10.4. The van der Waals surface area contributed by atoms with Gasteiger partial charge in [-0.3, -0.25) is 4.90 Å². The van der Waals surface area contributed by atoms with Crippen molar-refractivity contribution >= 4 is 11.9 Å². The quantitative estimate of drug-likeness (QED) is 0.150. The van der Waals surface area contributed by atoms with Crippen molar-refractivity contribution in [3.05, 3.63) is 95.9 Å². The molecule has 1 aromatic carbocycles. The van der Waals surface area contributed by atoms with E-state index in [0.717, 1.165) is 5.56 Å². The number of anilines is 1. The summed E-state index contributed by atoms with van der Waals surface area (Å²) in [6.45, 7) is 12.3. The Morgan fingerprint density at radius 1 is 1.30 bits per heavy atom. The number of likely N-dealkylation sites (tertiary alicyclic amines) is 1. The van der Waals surface area contributed by atoms with Gasteiger partial charge in [0.1, 0.15) is 0 Å². The SMILES string of the molecule is C=CC/C(N)=C/N.C=CC1CCCN1C.CNC(c1ccc(C=N)c(N)c1)c1ccc(C(C)C)c(F)n1. The molecule has 1 aliphatic heterocycles. The van der Waals surface area contributed by atoms with Crippen LogP contribution in [0, 0.1) is 11.4 Å². The van der Waals surface area contributed by atoms with Crippen molar-refractivity contribution in [1.82, 2.24) is 15.2 Å². The summed E-state index contributed by atoms with van der Waals surface area (Å²) in [6, 6.07) is 9.46. The Morgan fingerprint density at radius 3 is 2.38 bits per heavy atom. The van der Waals surface area contributed by atoms with Crippen LogP contribution in [0.1, 0.15) is 67.5 Å². The average molecular weight is 510 g/mol. The van der Waals surface area contributed by atoms with Crippen molar-refractivity contribution in [2.24, 2.45) is 11.5 Å². The van der Waals surface area contributed by atoms with Crippen LogP contribution < -0.4 is 22.5 Å². The number of nitrogen functional groups attached to an aromatic ring is 1.